The summed E-state index contributed by atoms with van der Waals surface area (Å²) in [6.45, 7) is -0.417. The zero-order valence-electron chi connectivity index (χ0n) is 9.35. The van der Waals surface area contributed by atoms with Crippen LogP contribution in [0.5, 0.6) is 0 Å². The number of hydrogen-bond acceptors (Lipinski definition) is 4. The van der Waals surface area contributed by atoms with Crippen LogP contribution in [0.1, 0.15) is 12.8 Å². The number of alkyl halides is 3. The van der Waals surface area contributed by atoms with E-state index in [2.05, 4.69) is 4.18 Å². The molecule has 2 atom stereocenters. The van der Waals surface area contributed by atoms with Crippen molar-refractivity contribution in [2.45, 2.75) is 31.2 Å². The first-order valence-electron chi connectivity index (χ1n) is 4.95. The molecule has 1 amide bonds. The number of nitrogens with zero attached hydrogens (tertiary/aromatic N) is 1. The molecule has 1 aliphatic rings. The van der Waals surface area contributed by atoms with Crippen LogP contribution in [-0.2, 0) is 14.3 Å². The van der Waals surface area contributed by atoms with Crippen molar-refractivity contribution in [3.63, 3.8) is 0 Å². The van der Waals surface area contributed by atoms with Gasteiger partial charge in [0.1, 0.15) is 6.04 Å². The Morgan fingerprint density at radius 2 is 2.00 bits per heavy atom. The SMILES string of the molecule is CS(=O)(=O)OC1CCN(C(=O)O)C(C(F)(F)F)C1. The minimum Gasteiger partial charge on any atom is -0.465 e. The summed E-state index contributed by atoms with van der Waals surface area (Å²) in [7, 11) is -3.86. The van der Waals surface area contributed by atoms with E-state index in [9.17, 15) is 26.4 Å². The van der Waals surface area contributed by atoms with Gasteiger partial charge in [0.2, 0.25) is 0 Å². The van der Waals surface area contributed by atoms with Crippen LogP contribution in [0.15, 0.2) is 0 Å². The van der Waals surface area contributed by atoms with Crippen molar-refractivity contribution in [2.75, 3.05) is 12.8 Å². The highest BCUT2D eigenvalue weighted by Crippen LogP contribution is 2.33. The highest BCUT2D eigenvalue weighted by Gasteiger charge is 2.49. The first-order chi connectivity index (χ1) is 8.00. The number of rotatable bonds is 2. The van der Waals surface area contributed by atoms with Crippen molar-refractivity contribution >= 4 is 16.2 Å². The van der Waals surface area contributed by atoms with Gasteiger partial charge in [0.25, 0.3) is 10.1 Å². The lowest BCUT2D eigenvalue weighted by Gasteiger charge is -2.37. The smallest absolute Gasteiger partial charge is 0.409 e. The molecule has 1 N–H and O–H groups in total. The predicted octanol–water partition coefficient (Wildman–Crippen LogP) is 1.04. The molecule has 1 saturated heterocycles. The average Bonchev–Trinajstić information content (AvgIpc) is 2.13. The largest absolute Gasteiger partial charge is 0.465 e. The van der Waals surface area contributed by atoms with Crippen LogP contribution in [-0.4, -0.2) is 55.6 Å². The number of piperidine rings is 1. The lowest BCUT2D eigenvalue weighted by atomic mass is 9.99. The Labute approximate surface area is 101 Å². The van der Waals surface area contributed by atoms with Crippen molar-refractivity contribution in [2.24, 2.45) is 0 Å². The molecule has 0 bridgehead atoms. The Bertz CT molecular complexity index is 421. The van der Waals surface area contributed by atoms with E-state index in [1.165, 1.54) is 0 Å². The van der Waals surface area contributed by atoms with Crippen LogP contribution in [0.3, 0.4) is 0 Å². The minimum absolute atomic E-state index is 0.0913. The van der Waals surface area contributed by atoms with E-state index in [0.717, 1.165) is 6.26 Å². The van der Waals surface area contributed by atoms with Gasteiger partial charge in [-0.25, -0.2) is 4.79 Å². The van der Waals surface area contributed by atoms with Crippen molar-refractivity contribution in [3.05, 3.63) is 0 Å². The fourth-order valence-corrected chi connectivity index (χ4v) is 2.48. The molecule has 1 fully saturated rings. The number of halogens is 3. The van der Waals surface area contributed by atoms with Gasteiger partial charge in [0.15, 0.2) is 0 Å². The fourth-order valence-electron chi connectivity index (χ4n) is 1.81. The molecule has 106 valence electrons. The lowest BCUT2D eigenvalue weighted by molar-refractivity contribution is -0.191. The van der Waals surface area contributed by atoms with Crippen LogP contribution in [0.4, 0.5) is 18.0 Å². The molecule has 1 rings (SSSR count). The molecule has 0 spiro atoms. The molecule has 0 aromatic rings. The Balaban J connectivity index is 2.83. The molecule has 6 nitrogen and oxygen atoms in total. The molecule has 10 heteroatoms. The second-order valence-corrected chi connectivity index (χ2v) is 5.58. The van der Waals surface area contributed by atoms with E-state index in [1.807, 2.05) is 0 Å². The second-order valence-electron chi connectivity index (χ2n) is 3.98. The Morgan fingerprint density at radius 1 is 1.44 bits per heavy atom. The van der Waals surface area contributed by atoms with Gasteiger partial charge >= 0.3 is 12.3 Å². The third kappa shape index (κ3) is 4.02. The maximum absolute atomic E-state index is 12.6. The van der Waals surface area contributed by atoms with Crippen molar-refractivity contribution in [1.29, 1.82) is 0 Å². The van der Waals surface area contributed by atoms with Crippen LogP contribution in [0, 0.1) is 0 Å². The first-order valence-corrected chi connectivity index (χ1v) is 6.77. The average molecular weight is 291 g/mol. The quantitative estimate of drug-likeness (QED) is 0.768. The molecule has 0 aromatic heterocycles. The summed E-state index contributed by atoms with van der Waals surface area (Å²) in [5.74, 6) is 0. The van der Waals surface area contributed by atoms with Crippen LogP contribution < -0.4 is 0 Å². The van der Waals surface area contributed by atoms with E-state index >= 15 is 0 Å². The normalized spacial score (nSPS) is 26.1. The van der Waals surface area contributed by atoms with Crippen molar-refractivity contribution < 1.29 is 35.7 Å². The molecule has 0 saturated carbocycles. The predicted molar refractivity (Wildman–Crippen MR) is 53.5 cm³/mol. The van der Waals surface area contributed by atoms with E-state index in [-0.39, 0.29) is 11.3 Å². The van der Waals surface area contributed by atoms with E-state index in [4.69, 9.17) is 5.11 Å². The van der Waals surface area contributed by atoms with Crippen LogP contribution in [0.2, 0.25) is 0 Å². The minimum atomic E-state index is -4.75. The second kappa shape index (κ2) is 4.92. The fraction of sp³-hybridized carbons (Fsp3) is 0.875. The maximum Gasteiger partial charge on any atom is 0.409 e. The van der Waals surface area contributed by atoms with Gasteiger partial charge in [-0.2, -0.15) is 21.6 Å². The Morgan fingerprint density at radius 3 is 2.39 bits per heavy atom. The van der Waals surface area contributed by atoms with Gasteiger partial charge < -0.3 is 5.11 Å². The highest BCUT2D eigenvalue weighted by molar-refractivity contribution is 7.86. The van der Waals surface area contributed by atoms with E-state index < -0.39 is 47.5 Å². The Hall–Kier alpha value is -1.03. The van der Waals surface area contributed by atoms with Crippen LogP contribution in [0.25, 0.3) is 0 Å². The van der Waals surface area contributed by atoms with Crippen LogP contribution >= 0.6 is 0 Å². The molecule has 2 unspecified atom stereocenters. The Kier molecular flexibility index (Phi) is 4.11. The highest BCUT2D eigenvalue weighted by atomic mass is 32.2. The van der Waals surface area contributed by atoms with Gasteiger partial charge in [-0.3, -0.25) is 9.08 Å². The van der Waals surface area contributed by atoms with Gasteiger partial charge in [0, 0.05) is 13.0 Å². The molecule has 1 heterocycles. The van der Waals surface area contributed by atoms with Gasteiger partial charge in [-0.1, -0.05) is 0 Å². The van der Waals surface area contributed by atoms with Gasteiger partial charge in [-0.05, 0) is 6.42 Å². The lowest BCUT2D eigenvalue weighted by Crippen LogP contribution is -2.54. The summed E-state index contributed by atoms with van der Waals surface area (Å²) in [6, 6.07) is -2.24. The summed E-state index contributed by atoms with van der Waals surface area (Å²) in [6.07, 6.45) is -7.66. The molecule has 0 radical (unpaired) electrons. The maximum atomic E-state index is 12.6. The molecule has 18 heavy (non-hydrogen) atoms. The van der Waals surface area contributed by atoms with E-state index in [0.29, 0.717) is 0 Å². The summed E-state index contributed by atoms with van der Waals surface area (Å²) < 4.78 is 64.1. The van der Waals surface area contributed by atoms with Crippen molar-refractivity contribution in [3.8, 4) is 0 Å². The number of amides is 1. The molecule has 0 aliphatic carbocycles. The monoisotopic (exact) mass is 291 g/mol. The number of carbonyl (C=O) groups is 1. The first kappa shape index (κ1) is 15.0. The van der Waals surface area contributed by atoms with Gasteiger partial charge in [-0.15, -0.1) is 0 Å². The van der Waals surface area contributed by atoms with Crippen molar-refractivity contribution in [1.82, 2.24) is 4.90 Å². The standard InChI is InChI=1S/C8H12F3NO5S/c1-18(15,16)17-5-2-3-12(7(13)14)6(4-5)8(9,10)11/h5-6H,2-4H2,1H3,(H,13,14). The topological polar surface area (TPSA) is 83.9 Å². The third-order valence-electron chi connectivity index (χ3n) is 2.49. The molecule has 1 aliphatic heterocycles. The number of carboxylic acid groups (broad SMARTS) is 1. The summed E-state index contributed by atoms with van der Waals surface area (Å²) in [5.41, 5.74) is 0. The number of hydrogen-bond donors (Lipinski definition) is 1. The zero-order chi connectivity index (χ0) is 14.1. The third-order valence-corrected chi connectivity index (χ3v) is 3.11. The molecular formula is C8H12F3NO5S. The zero-order valence-corrected chi connectivity index (χ0v) is 10.2. The molecule has 0 aromatic carbocycles. The summed E-state index contributed by atoms with van der Waals surface area (Å²) in [4.78, 5) is 10.9. The van der Waals surface area contributed by atoms with E-state index in [1.54, 1.807) is 0 Å². The molecular weight excluding hydrogens is 279 g/mol. The summed E-state index contributed by atoms with van der Waals surface area (Å²) in [5, 5.41) is 8.66. The summed E-state index contributed by atoms with van der Waals surface area (Å²) >= 11 is 0. The number of likely N-dealkylation sites (tertiary alicyclic amines) is 1. The van der Waals surface area contributed by atoms with Gasteiger partial charge in [0.05, 0.1) is 12.4 Å².